The molecular weight excluding hydrogens is 508 g/mol. The van der Waals surface area contributed by atoms with Gasteiger partial charge < -0.3 is 14.8 Å². The highest BCUT2D eigenvalue weighted by atomic mass is 32.1. The molecule has 3 aromatic carbocycles. The Hall–Kier alpha value is -4.28. The number of rotatable bonds is 6. The smallest absolute Gasteiger partial charge is 0.257 e. The van der Waals surface area contributed by atoms with Crippen molar-refractivity contribution in [3.8, 4) is 22.1 Å². The third-order valence-corrected chi connectivity index (χ3v) is 7.58. The Morgan fingerprint density at radius 2 is 1.78 bits per heavy atom. The lowest BCUT2D eigenvalue weighted by Crippen LogP contribution is -2.15. The molecule has 37 heavy (non-hydrogen) atoms. The lowest BCUT2D eigenvalue weighted by atomic mass is 10.2. The molecule has 2 N–H and O–H groups in total. The number of benzene rings is 3. The van der Waals surface area contributed by atoms with Gasteiger partial charge in [-0.2, -0.15) is 0 Å². The molecule has 0 atom stereocenters. The van der Waals surface area contributed by atoms with Crippen molar-refractivity contribution in [2.75, 3.05) is 17.4 Å². The van der Waals surface area contributed by atoms with Crippen molar-refractivity contribution in [3.63, 3.8) is 0 Å². The molecule has 184 valence electrons. The number of hydrogen-bond acceptors (Lipinski definition) is 8. The van der Waals surface area contributed by atoms with Crippen LogP contribution in [0.1, 0.15) is 21.6 Å². The monoisotopic (exact) mass is 528 g/mol. The molecule has 10 heteroatoms. The summed E-state index contributed by atoms with van der Waals surface area (Å²) < 4.78 is 11.7. The van der Waals surface area contributed by atoms with Crippen LogP contribution in [-0.4, -0.2) is 28.6 Å². The van der Waals surface area contributed by atoms with E-state index < -0.39 is 0 Å². The third kappa shape index (κ3) is 5.02. The highest BCUT2D eigenvalue weighted by Gasteiger charge is 2.17. The Kier molecular flexibility index (Phi) is 6.03. The molecule has 0 radical (unpaired) electrons. The van der Waals surface area contributed by atoms with Crippen LogP contribution in [0.2, 0.25) is 0 Å². The molecule has 0 spiro atoms. The Labute approximate surface area is 219 Å². The first-order valence-electron chi connectivity index (χ1n) is 11.4. The summed E-state index contributed by atoms with van der Waals surface area (Å²) in [4.78, 5) is 34.2. The molecule has 0 unspecified atom stereocenters. The zero-order valence-corrected chi connectivity index (χ0v) is 21.2. The van der Waals surface area contributed by atoms with Gasteiger partial charge in [0.05, 0.1) is 22.3 Å². The summed E-state index contributed by atoms with van der Waals surface area (Å²) in [5.74, 6) is 0.641. The van der Waals surface area contributed by atoms with Crippen LogP contribution in [0, 0.1) is 6.92 Å². The first-order valence-corrected chi connectivity index (χ1v) is 13.1. The number of carbonyl (C=O) groups excluding carboxylic acids is 2. The standard InChI is InChI=1S/C27H20N4O4S2/c1-15-2-8-20-23(10-15)37-26(30-20)16-3-6-18(7-4-16)28-24(32)12-19-13-36-27(29-19)31-25(33)17-5-9-21-22(11-17)35-14-34-21/h2-11,13H,12,14H2,1H3,(H,28,32)(H,29,31,33). The first-order chi connectivity index (χ1) is 18.0. The number of aromatic nitrogens is 2. The summed E-state index contributed by atoms with van der Waals surface area (Å²) in [6, 6.07) is 18.8. The molecule has 0 saturated carbocycles. The first kappa shape index (κ1) is 23.1. The molecule has 6 rings (SSSR count). The van der Waals surface area contributed by atoms with Gasteiger partial charge >= 0.3 is 0 Å². The number of hydrogen-bond donors (Lipinski definition) is 2. The number of thiazole rings is 2. The van der Waals surface area contributed by atoms with E-state index in [2.05, 4.69) is 34.7 Å². The minimum atomic E-state index is -0.313. The van der Waals surface area contributed by atoms with E-state index >= 15 is 0 Å². The lowest BCUT2D eigenvalue weighted by molar-refractivity contribution is -0.115. The number of nitrogens with zero attached hydrogens (tertiary/aromatic N) is 2. The normalized spacial score (nSPS) is 12.0. The topological polar surface area (TPSA) is 102 Å². The molecule has 0 fully saturated rings. The maximum Gasteiger partial charge on any atom is 0.257 e. The van der Waals surface area contributed by atoms with Crippen LogP contribution in [-0.2, 0) is 11.2 Å². The Morgan fingerprint density at radius 1 is 0.946 bits per heavy atom. The van der Waals surface area contributed by atoms with Gasteiger partial charge in [-0.25, -0.2) is 9.97 Å². The van der Waals surface area contributed by atoms with Crippen molar-refractivity contribution in [2.45, 2.75) is 13.3 Å². The highest BCUT2D eigenvalue weighted by Crippen LogP contribution is 2.33. The fourth-order valence-corrected chi connectivity index (χ4v) is 5.65. The zero-order chi connectivity index (χ0) is 25.4. The highest BCUT2D eigenvalue weighted by molar-refractivity contribution is 7.21. The zero-order valence-electron chi connectivity index (χ0n) is 19.6. The van der Waals surface area contributed by atoms with E-state index in [1.165, 1.54) is 16.9 Å². The van der Waals surface area contributed by atoms with E-state index in [0.717, 1.165) is 20.8 Å². The average molecular weight is 529 g/mol. The van der Waals surface area contributed by atoms with E-state index in [4.69, 9.17) is 14.5 Å². The number of anilines is 2. The second-order valence-electron chi connectivity index (χ2n) is 8.46. The van der Waals surface area contributed by atoms with Crippen LogP contribution in [0.25, 0.3) is 20.8 Å². The number of carbonyl (C=O) groups is 2. The van der Waals surface area contributed by atoms with Gasteiger partial charge in [0.1, 0.15) is 5.01 Å². The summed E-state index contributed by atoms with van der Waals surface area (Å²) in [7, 11) is 0. The molecular formula is C27H20N4O4S2. The van der Waals surface area contributed by atoms with Crippen molar-refractivity contribution in [2.24, 2.45) is 0 Å². The molecule has 2 aromatic heterocycles. The number of amides is 2. The van der Waals surface area contributed by atoms with Gasteiger partial charge in [-0.05, 0) is 67.1 Å². The van der Waals surface area contributed by atoms with Crippen molar-refractivity contribution in [1.29, 1.82) is 0 Å². The molecule has 0 bridgehead atoms. The van der Waals surface area contributed by atoms with Gasteiger partial charge in [-0.1, -0.05) is 6.07 Å². The van der Waals surface area contributed by atoms with E-state index in [-0.39, 0.29) is 25.0 Å². The van der Waals surface area contributed by atoms with Gasteiger partial charge in [-0.3, -0.25) is 14.9 Å². The fourth-order valence-electron chi connectivity index (χ4n) is 3.87. The maximum atomic E-state index is 12.6. The number of nitrogens with one attached hydrogen (secondary N) is 2. The predicted octanol–water partition coefficient (Wildman–Crippen LogP) is 5.89. The van der Waals surface area contributed by atoms with Gasteiger partial charge in [0.25, 0.3) is 5.91 Å². The average Bonchev–Trinajstić information content (AvgIpc) is 3.63. The summed E-state index contributed by atoms with van der Waals surface area (Å²) in [5, 5.41) is 8.78. The molecule has 2 amide bonds. The van der Waals surface area contributed by atoms with Gasteiger partial charge in [0.2, 0.25) is 12.7 Å². The van der Waals surface area contributed by atoms with E-state index in [1.807, 2.05) is 30.3 Å². The lowest BCUT2D eigenvalue weighted by Gasteiger charge is -2.05. The molecule has 3 heterocycles. The second kappa shape index (κ2) is 9.64. The minimum Gasteiger partial charge on any atom is -0.454 e. The van der Waals surface area contributed by atoms with Crippen molar-refractivity contribution in [3.05, 3.63) is 82.9 Å². The largest absolute Gasteiger partial charge is 0.454 e. The fraction of sp³-hybridized carbons (Fsp3) is 0.111. The minimum absolute atomic E-state index is 0.0926. The second-order valence-corrected chi connectivity index (χ2v) is 10.3. The Balaban J connectivity index is 1.06. The van der Waals surface area contributed by atoms with E-state index in [9.17, 15) is 9.59 Å². The summed E-state index contributed by atoms with van der Waals surface area (Å²) >= 11 is 2.91. The molecule has 0 saturated heterocycles. The van der Waals surface area contributed by atoms with Crippen LogP contribution in [0.3, 0.4) is 0 Å². The van der Waals surface area contributed by atoms with E-state index in [1.54, 1.807) is 34.9 Å². The van der Waals surface area contributed by atoms with Gasteiger partial charge in [0, 0.05) is 22.2 Å². The van der Waals surface area contributed by atoms with Crippen molar-refractivity contribution < 1.29 is 19.1 Å². The van der Waals surface area contributed by atoms with Gasteiger partial charge in [0.15, 0.2) is 16.6 Å². The SMILES string of the molecule is Cc1ccc2nc(-c3ccc(NC(=O)Cc4csc(NC(=O)c5ccc6c(c5)OCO6)n4)cc3)sc2c1. The van der Waals surface area contributed by atoms with Gasteiger partial charge in [-0.15, -0.1) is 22.7 Å². The van der Waals surface area contributed by atoms with Crippen molar-refractivity contribution >= 4 is 55.5 Å². The molecule has 5 aromatic rings. The molecule has 0 aliphatic carbocycles. The predicted molar refractivity (Wildman–Crippen MR) is 145 cm³/mol. The number of aryl methyl sites for hydroxylation is 1. The van der Waals surface area contributed by atoms with Crippen LogP contribution in [0.4, 0.5) is 10.8 Å². The maximum absolute atomic E-state index is 12.6. The summed E-state index contributed by atoms with van der Waals surface area (Å²) in [5.41, 5.74) is 4.89. The summed E-state index contributed by atoms with van der Waals surface area (Å²) in [6.07, 6.45) is 0.0926. The third-order valence-electron chi connectivity index (χ3n) is 5.71. The Bertz CT molecular complexity index is 1640. The number of ether oxygens (including phenoxy) is 2. The van der Waals surface area contributed by atoms with Crippen LogP contribution in [0.15, 0.2) is 66.0 Å². The Morgan fingerprint density at radius 3 is 2.65 bits per heavy atom. The van der Waals surface area contributed by atoms with Crippen molar-refractivity contribution in [1.82, 2.24) is 9.97 Å². The van der Waals surface area contributed by atoms with Crippen LogP contribution >= 0.6 is 22.7 Å². The van der Waals surface area contributed by atoms with Crippen LogP contribution in [0.5, 0.6) is 11.5 Å². The molecule has 1 aliphatic rings. The van der Waals surface area contributed by atoms with E-state index in [0.29, 0.717) is 33.6 Å². The van der Waals surface area contributed by atoms with Crippen LogP contribution < -0.4 is 20.1 Å². The molecule has 1 aliphatic heterocycles. The molecule has 8 nitrogen and oxygen atoms in total. The number of fused-ring (bicyclic) bond motifs is 2. The summed E-state index contributed by atoms with van der Waals surface area (Å²) in [6.45, 7) is 2.21. The quantitative estimate of drug-likeness (QED) is 0.285.